The van der Waals surface area contributed by atoms with Gasteiger partial charge < -0.3 is 19.1 Å². The summed E-state index contributed by atoms with van der Waals surface area (Å²) < 4.78 is 39.0. The second-order valence-electron chi connectivity index (χ2n) is 5.36. The van der Waals surface area contributed by atoms with Crippen molar-refractivity contribution < 1.29 is 17.9 Å². The molecule has 0 amide bonds. The van der Waals surface area contributed by atoms with E-state index in [2.05, 4.69) is 9.62 Å². The molecule has 3 rings (SSSR count). The van der Waals surface area contributed by atoms with Gasteiger partial charge in [-0.2, -0.15) is 0 Å². The second-order valence-corrected chi connectivity index (χ2v) is 6.96. The van der Waals surface area contributed by atoms with Crippen molar-refractivity contribution in [2.24, 2.45) is 0 Å². The van der Waals surface area contributed by atoms with Crippen LogP contribution in [0.4, 0.5) is 11.4 Å². The van der Waals surface area contributed by atoms with Crippen molar-refractivity contribution in [3.8, 4) is 5.75 Å². The standard InChI is InChI=1S/C17H19N2O4S/c1-22-16-6-8-17(9-7-16)24(20,21)18-14-2-4-15(5-3-14)19-10-12-23-13-11-19/h2-9H,10-13H2,1H3/q-1. The van der Waals surface area contributed by atoms with E-state index < -0.39 is 10.0 Å². The lowest BCUT2D eigenvalue weighted by Gasteiger charge is -2.30. The van der Waals surface area contributed by atoms with E-state index in [1.165, 1.54) is 19.2 Å². The van der Waals surface area contributed by atoms with Crippen LogP contribution in [-0.4, -0.2) is 41.8 Å². The van der Waals surface area contributed by atoms with E-state index >= 15 is 0 Å². The molecule has 0 saturated carbocycles. The lowest BCUT2D eigenvalue weighted by Crippen LogP contribution is -2.36. The van der Waals surface area contributed by atoms with Crippen molar-refractivity contribution in [2.45, 2.75) is 4.90 Å². The fourth-order valence-electron chi connectivity index (χ4n) is 2.49. The SMILES string of the molecule is COc1ccc(S(=O)(=O)[N-]c2ccc(N3CCOCC3)cc2)cc1. The highest BCUT2D eigenvalue weighted by molar-refractivity contribution is 7.94. The smallest absolute Gasteiger partial charge is 0.123 e. The van der Waals surface area contributed by atoms with Gasteiger partial charge in [-0.3, -0.25) is 0 Å². The van der Waals surface area contributed by atoms with Crippen LogP contribution in [0.25, 0.3) is 4.72 Å². The molecule has 1 aliphatic heterocycles. The molecule has 0 bridgehead atoms. The first-order chi connectivity index (χ1) is 11.6. The molecule has 1 fully saturated rings. The number of benzene rings is 2. The molecule has 0 atom stereocenters. The van der Waals surface area contributed by atoms with Gasteiger partial charge in [-0.05, 0) is 36.4 Å². The minimum absolute atomic E-state index is 0.139. The van der Waals surface area contributed by atoms with Crippen LogP contribution in [-0.2, 0) is 14.8 Å². The quantitative estimate of drug-likeness (QED) is 0.832. The van der Waals surface area contributed by atoms with Gasteiger partial charge in [-0.25, -0.2) is 8.42 Å². The van der Waals surface area contributed by atoms with Crippen molar-refractivity contribution >= 4 is 21.4 Å². The number of methoxy groups -OCH3 is 1. The van der Waals surface area contributed by atoms with E-state index in [1.54, 1.807) is 24.3 Å². The predicted octanol–water partition coefficient (Wildman–Crippen LogP) is 2.93. The number of rotatable bonds is 5. The zero-order valence-corrected chi connectivity index (χ0v) is 14.2. The Kier molecular flexibility index (Phi) is 4.92. The Hall–Kier alpha value is -2.25. The van der Waals surface area contributed by atoms with Crippen LogP contribution < -0.4 is 9.64 Å². The Labute approximate surface area is 142 Å². The molecule has 0 N–H and O–H groups in total. The summed E-state index contributed by atoms with van der Waals surface area (Å²) in [6.07, 6.45) is 0. The normalized spacial score (nSPS) is 15.1. The van der Waals surface area contributed by atoms with Gasteiger partial charge in [0.15, 0.2) is 0 Å². The Balaban J connectivity index is 1.72. The monoisotopic (exact) mass is 347 g/mol. The summed E-state index contributed by atoms with van der Waals surface area (Å²) >= 11 is 0. The molecule has 6 nitrogen and oxygen atoms in total. The lowest BCUT2D eigenvalue weighted by atomic mass is 10.2. The molecule has 2 aromatic rings. The van der Waals surface area contributed by atoms with Gasteiger partial charge >= 0.3 is 0 Å². The van der Waals surface area contributed by atoms with Crippen molar-refractivity contribution in [3.05, 3.63) is 53.3 Å². The molecule has 7 heteroatoms. The van der Waals surface area contributed by atoms with Crippen molar-refractivity contribution in [2.75, 3.05) is 38.3 Å². The van der Waals surface area contributed by atoms with Gasteiger partial charge in [0.2, 0.25) is 0 Å². The molecular formula is C17H19N2O4S-. The summed E-state index contributed by atoms with van der Waals surface area (Å²) in [6, 6.07) is 13.4. The Bertz CT molecular complexity index is 767. The summed E-state index contributed by atoms with van der Waals surface area (Å²) in [6.45, 7) is 3.08. The number of sulfonamides is 1. The number of hydrogen-bond donors (Lipinski definition) is 0. The zero-order valence-electron chi connectivity index (χ0n) is 13.4. The third-order valence-electron chi connectivity index (χ3n) is 3.81. The van der Waals surface area contributed by atoms with Gasteiger partial charge in [0.1, 0.15) is 15.8 Å². The van der Waals surface area contributed by atoms with Crippen LogP contribution in [0.3, 0.4) is 0 Å². The van der Waals surface area contributed by atoms with Crippen molar-refractivity contribution in [1.82, 2.24) is 0 Å². The maximum atomic E-state index is 12.4. The van der Waals surface area contributed by atoms with Crippen LogP contribution in [0, 0.1) is 0 Å². The third kappa shape index (κ3) is 3.80. The summed E-state index contributed by atoms with van der Waals surface area (Å²) in [7, 11) is -2.21. The Morgan fingerprint density at radius 3 is 2.21 bits per heavy atom. The molecule has 24 heavy (non-hydrogen) atoms. The molecule has 0 radical (unpaired) electrons. The fourth-order valence-corrected chi connectivity index (χ4v) is 3.47. The summed E-state index contributed by atoms with van der Waals surface area (Å²) in [5.74, 6) is 0.601. The number of nitrogens with zero attached hydrogens (tertiary/aromatic N) is 2. The fraction of sp³-hybridized carbons (Fsp3) is 0.294. The van der Waals surface area contributed by atoms with Crippen LogP contribution in [0.1, 0.15) is 0 Å². The third-order valence-corrected chi connectivity index (χ3v) is 5.13. The van der Waals surface area contributed by atoms with E-state index in [-0.39, 0.29) is 4.90 Å². The maximum Gasteiger partial charge on any atom is 0.123 e. The van der Waals surface area contributed by atoms with E-state index in [9.17, 15) is 8.42 Å². The van der Waals surface area contributed by atoms with E-state index in [0.29, 0.717) is 24.7 Å². The Morgan fingerprint density at radius 2 is 1.62 bits per heavy atom. The van der Waals surface area contributed by atoms with Crippen LogP contribution in [0.5, 0.6) is 5.75 Å². The predicted molar refractivity (Wildman–Crippen MR) is 92.7 cm³/mol. The summed E-state index contributed by atoms with van der Waals surface area (Å²) in [5.41, 5.74) is 1.45. The number of hydrogen-bond acceptors (Lipinski definition) is 5. The molecule has 0 spiro atoms. The van der Waals surface area contributed by atoms with Gasteiger partial charge in [-0.15, -0.1) is 5.69 Å². The number of ether oxygens (including phenoxy) is 2. The van der Waals surface area contributed by atoms with Crippen LogP contribution in [0.15, 0.2) is 53.4 Å². The molecular weight excluding hydrogens is 328 g/mol. The van der Waals surface area contributed by atoms with Crippen LogP contribution >= 0.6 is 0 Å². The molecule has 1 aliphatic rings. The molecule has 1 heterocycles. The highest BCUT2D eigenvalue weighted by atomic mass is 32.2. The topological polar surface area (TPSA) is 69.9 Å². The summed E-state index contributed by atoms with van der Waals surface area (Å²) in [4.78, 5) is 2.34. The second kappa shape index (κ2) is 7.11. The zero-order chi connectivity index (χ0) is 17.0. The molecule has 1 saturated heterocycles. The maximum absolute atomic E-state index is 12.4. The highest BCUT2D eigenvalue weighted by Gasteiger charge is 2.10. The number of anilines is 1. The first kappa shape index (κ1) is 16.6. The first-order valence-corrected chi connectivity index (χ1v) is 9.07. The van der Waals surface area contributed by atoms with E-state index in [4.69, 9.17) is 9.47 Å². The van der Waals surface area contributed by atoms with Gasteiger partial charge in [-0.1, -0.05) is 12.1 Å². The molecule has 0 aromatic heterocycles. The number of morpholine rings is 1. The van der Waals surface area contributed by atoms with Gasteiger partial charge in [0.05, 0.1) is 25.2 Å². The molecule has 128 valence electrons. The first-order valence-electron chi connectivity index (χ1n) is 7.63. The summed E-state index contributed by atoms with van der Waals surface area (Å²) in [5, 5.41) is 0. The van der Waals surface area contributed by atoms with Crippen molar-refractivity contribution in [1.29, 1.82) is 0 Å². The Morgan fingerprint density at radius 1 is 1.00 bits per heavy atom. The lowest BCUT2D eigenvalue weighted by molar-refractivity contribution is 0.122. The molecule has 0 aliphatic carbocycles. The largest absolute Gasteiger partial charge is 0.573 e. The van der Waals surface area contributed by atoms with Gasteiger partial charge in [0.25, 0.3) is 0 Å². The van der Waals surface area contributed by atoms with Crippen molar-refractivity contribution in [3.63, 3.8) is 0 Å². The molecule has 2 aromatic carbocycles. The average Bonchev–Trinajstić information content (AvgIpc) is 2.63. The minimum Gasteiger partial charge on any atom is -0.573 e. The van der Waals surface area contributed by atoms with E-state index in [1.807, 2.05) is 12.1 Å². The molecule has 0 unspecified atom stereocenters. The average molecular weight is 347 g/mol. The van der Waals surface area contributed by atoms with Crippen LogP contribution in [0.2, 0.25) is 0 Å². The minimum atomic E-state index is -3.74. The highest BCUT2D eigenvalue weighted by Crippen LogP contribution is 2.30. The van der Waals surface area contributed by atoms with E-state index in [0.717, 1.165) is 18.8 Å². The van der Waals surface area contributed by atoms with Gasteiger partial charge in [0, 0.05) is 18.8 Å².